The molecule has 0 spiro atoms. The van der Waals surface area contributed by atoms with Crippen molar-refractivity contribution in [1.29, 1.82) is 0 Å². The van der Waals surface area contributed by atoms with Crippen molar-refractivity contribution in [3.8, 4) is 0 Å². The number of allylic oxidation sites excluding steroid dienone is 3. The molecule has 6 N–H and O–H groups in total. The summed E-state index contributed by atoms with van der Waals surface area (Å²) in [5, 5.41) is 53.6. The minimum absolute atomic E-state index is 0.200. The molecule has 0 aromatic rings. The van der Waals surface area contributed by atoms with Gasteiger partial charge in [-0.25, -0.2) is 0 Å². The maximum absolute atomic E-state index is 12.8. The molecule has 1 fully saturated rings. The molecule has 44 heavy (non-hydrogen) atoms. The largest absolute Gasteiger partial charge is 0.394 e. The summed E-state index contributed by atoms with van der Waals surface area (Å²) in [4.78, 5) is 12.8. The minimum atomic E-state index is -1.57. The lowest BCUT2D eigenvalue weighted by Gasteiger charge is -2.40. The highest BCUT2D eigenvalue weighted by Crippen LogP contribution is 2.22. The van der Waals surface area contributed by atoms with Crippen LogP contribution in [0.5, 0.6) is 0 Å². The van der Waals surface area contributed by atoms with Crippen LogP contribution < -0.4 is 5.32 Å². The molecule has 0 aromatic heterocycles. The van der Waals surface area contributed by atoms with E-state index in [0.717, 1.165) is 32.1 Å². The number of unbranched alkanes of at least 4 members (excludes halogenated alkanes) is 16. The van der Waals surface area contributed by atoms with E-state index in [9.17, 15) is 30.3 Å². The van der Waals surface area contributed by atoms with Gasteiger partial charge in [-0.1, -0.05) is 134 Å². The summed E-state index contributed by atoms with van der Waals surface area (Å²) >= 11 is 0. The normalized spacial score (nSPS) is 23.8. The molecule has 1 heterocycles. The molecule has 1 aliphatic heterocycles. The lowest BCUT2D eigenvalue weighted by molar-refractivity contribution is -0.302. The summed E-state index contributed by atoms with van der Waals surface area (Å²) in [6.45, 7) is 3.66. The Morgan fingerprint density at radius 1 is 0.773 bits per heavy atom. The molecule has 1 aliphatic rings. The van der Waals surface area contributed by atoms with E-state index in [-0.39, 0.29) is 12.5 Å². The van der Waals surface area contributed by atoms with Crippen LogP contribution in [0.25, 0.3) is 0 Å². The molecule has 258 valence electrons. The Balaban J connectivity index is 2.55. The molecule has 2 unspecified atom stereocenters. The highest BCUT2D eigenvalue weighted by Gasteiger charge is 2.44. The van der Waals surface area contributed by atoms with Crippen LogP contribution in [-0.4, -0.2) is 87.5 Å². The Morgan fingerprint density at radius 3 is 1.89 bits per heavy atom. The Kier molecular flexibility index (Phi) is 24.8. The van der Waals surface area contributed by atoms with Gasteiger partial charge in [-0.05, 0) is 19.3 Å². The van der Waals surface area contributed by atoms with Crippen LogP contribution in [0.3, 0.4) is 0 Å². The molecule has 9 nitrogen and oxygen atoms in total. The minimum Gasteiger partial charge on any atom is -0.394 e. The van der Waals surface area contributed by atoms with Crippen LogP contribution >= 0.6 is 0 Å². The summed E-state index contributed by atoms with van der Waals surface area (Å²) in [6.07, 6.45) is 20.9. The van der Waals surface area contributed by atoms with Gasteiger partial charge in [0, 0.05) is 6.42 Å². The maximum atomic E-state index is 12.8. The molecule has 7 atom stereocenters. The second-order valence-corrected chi connectivity index (χ2v) is 12.4. The molecule has 1 amide bonds. The Labute approximate surface area is 267 Å². The number of hydrogen-bond acceptors (Lipinski definition) is 8. The van der Waals surface area contributed by atoms with Gasteiger partial charge in [0.15, 0.2) is 6.29 Å². The van der Waals surface area contributed by atoms with E-state index in [0.29, 0.717) is 6.42 Å². The first kappa shape index (κ1) is 40.7. The van der Waals surface area contributed by atoms with Crippen molar-refractivity contribution in [1.82, 2.24) is 5.32 Å². The summed E-state index contributed by atoms with van der Waals surface area (Å²) in [7, 11) is 0. The molecule has 1 rings (SSSR count). The van der Waals surface area contributed by atoms with Gasteiger partial charge < -0.3 is 40.3 Å². The third-order valence-electron chi connectivity index (χ3n) is 8.33. The zero-order valence-corrected chi connectivity index (χ0v) is 27.7. The number of aliphatic hydroxyl groups excluding tert-OH is 5. The molecule has 0 aliphatic carbocycles. The van der Waals surface area contributed by atoms with E-state index < -0.39 is 49.5 Å². The molecule has 0 saturated carbocycles. The third kappa shape index (κ3) is 18.6. The number of hydrogen-bond donors (Lipinski definition) is 6. The number of carbonyl (C=O) groups excluding carboxylic acids is 1. The Bertz CT molecular complexity index is 746. The van der Waals surface area contributed by atoms with Gasteiger partial charge in [0.25, 0.3) is 0 Å². The van der Waals surface area contributed by atoms with E-state index in [1.165, 1.54) is 83.5 Å². The average molecular weight is 628 g/mol. The standard InChI is InChI=1S/C35H65NO8/c1-3-5-7-9-11-13-15-17-19-21-23-25-31(39)36-28(27-43-35-34(42)33(41)32(40)30(26-37)44-35)29(38)24-22-20-18-16-14-12-10-8-6-4-2/h18,20,22,24,28-30,32-35,37-38,40-42H,3-17,19,21,23,25-27H2,1-2H3,(H,36,39)/b20-18+,24-22+/t28-,29+,30+,32+,33?,34?,35+/m0/s1. The lowest BCUT2D eigenvalue weighted by Crippen LogP contribution is -2.60. The van der Waals surface area contributed by atoms with Crippen LogP contribution in [0.1, 0.15) is 136 Å². The number of ether oxygens (including phenoxy) is 2. The van der Waals surface area contributed by atoms with Crippen LogP contribution in [-0.2, 0) is 14.3 Å². The molecule has 0 bridgehead atoms. The quantitative estimate of drug-likeness (QED) is 0.0537. The number of aliphatic hydroxyl groups is 5. The van der Waals surface area contributed by atoms with Gasteiger partial charge >= 0.3 is 0 Å². The highest BCUT2D eigenvalue weighted by atomic mass is 16.7. The number of rotatable bonds is 27. The van der Waals surface area contributed by atoms with E-state index in [4.69, 9.17) is 9.47 Å². The zero-order chi connectivity index (χ0) is 32.4. The predicted molar refractivity (Wildman–Crippen MR) is 175 cm³/mol. The van der Waals surface area contributed by atoms with Crippen molar-refractivity contribution in [3.63, 3.8) is 0 Å². The lowest BCUT2D eigenvalue weighted by atomic mass is 9.99. The van der Waals surface area contributed by atoms with Gasteiger partial charge in [-0.2, -0.15) is 0 Å². The summed E-state index contributed by atoms with van der Waals surface area (Å²) in [5.74, 6) is -0.200. The summed E-state index contributed by atoms with van der Waals surface area (Å²) in [6, 6.07) is -0.828. The SMILES string of the molecule is CCCCCCCC/C=C/C=C/[C@@H](O)[C@H](CO[C@@H]1O[C@H](CO)[C@@H](O)C(O)C1O)NC(=O)CCCCCCCCCCCCC. The highest BCUT2D eigenvalue weighted by molar-refractivity contribution is 5.76. The number of carbonyl (C=O) groups is 1. The number of amides is 1. The second-order valence-electron chi connectivity index (χ2n) is 12.4. The first-order chi connectivity index (χ1) is 21.3. The van der Waals surface area contributed by atoms with Crippen molar-refractivity contribution in [2.24, 2.45) is 0 Å². The molecule has 1 saturated heterocycles. The topological polar surface area (TPSA) is 149 Å². The first-order valence-electron chi connectivity index (χ1n) is 17.6. The number of nitrogens with one attached hydrogen (secondary N) is 1. The van der Waals surface area contributed by atoms with Crippen LogP contribution in [0.2, 0.25) is 0 Å². The van der Waals surface area contributed by atoms with Gasteiger partial charge in [-0.15, -0.1) is 0 Å². The van der Waals surface area contributed by atoms with Crippen LogP contribution in [0, 0.1) is 0 Å². The maximum Gasteiger partial charge on any atom is 0.220 e. The second kappa shape index (κ2) is 26.8. The molecule has 9 heteroatoms. The third-order valence-corrected chi connectivity index (χ3v) is 8.33. The van der Waals surface area contributed by atoms with E-state index >= 15 is 0 Å². The van der Waals surface area contributed by atoms with Gasteiger partial charge in [0.2, 0.25) is 5.91 Å². The smallest absolute Gasteiger partial charge is 0.220 e. The van der Waals surface area contributed by atoms with Crippen molar-refractivity contribution in [2.45, 2.75) is 179 Å². The van der Waals surface area contributed by atoms with Gasteiger partial charge in [-0.3, -0.25) is 4.79 Å². The molecular formula is C35H65NO8. The Hall–Kier alpha value is -1.33. The predicted octanol–water partition coefficient (Wildman–Crippen LogP) is 5.21. The summed E-state index contributed by atoms with van der Waals surface area (Å²) in [5.41, 5.74) is 0. The fourth-order valence-corrected chi connectivity index (χ4v) is 5.39. The van der Waals surface area contributed by atoms with Gasteiger partial charge in [0.1, 0.15) is 24.4 Å². The van der Waals surface area contributed by atoms with Gasteiger partial charge in [0.05, 0.1) is 25.4 Å². The molecule has 0 aromatic carbocycles. The van der Waals surface area contributed by atoms with E-state index in [2.05, 4.69) is 25.2 Å². The van der Waals surface area contributed by atoms with Crippen LogP contribution in [0.15, 0.2) is 24.3 Å². The first-order valence-corrected chi connectivity index (χ1v) is 17.6. The van der Waals surface area contributed by atoms with Crippen molar-refractivity contribution < 1.29 is 39.8 Å². The average Bonchev–Trinajstić information content (AvgIpc) is 3.02. The van der Waals surface area contributed by atoms with Crippen molar-refractivity contribution in [3.05, 3.63) is 24.3 Å². The monoisotopic (exact) mass is 627 g/mol. The van der Waals surface area contributed by atoms with E-state index in [1.54, 1.807) is 12.2 Å². The Morgan fingerprint density at radius 2 is 1.32 bits per heavy atom. The van der Waals surface area contributed by atoms with Crippen molar-refractivity contribution >= 4 is 5.91 Å². The van der Waals surface area contributed by atoms with Crippen LogP contribution in [0.4, 0.5) is 0 Å². The molecular weight excluding hydrogens is 562 g/mol. The zero-order valence-electron chi connectivity index (χ0n) is 27.7. The summed E-state index contributed by atoms with van der Waals surface area (Å²) < 4.78 is 11.1. The fraction of sp³-hybridized carbons (Fsp3) is 0.857. The molecule has 0 radical (unpaired) electrons. The fourth-order valence-electron chi connectivity index (χ4n) is 5.39. The van der Waals surface area contributed by atoms with Crippen molar-refractivity contribution in [2.75, 3.05) is 13.2 Å². The van der Waals surface area contributed by atoms with E-state index in [1.807, 2.05) is 6.08 Å².